The van der Waals surface area contributed by atoms with Crippen molar-refractivity contribution in [3.8, 4) is 5.75 Å². The summed E-state index contributed by atoms with van der Waals surface area (Å²) in [5, 5.41) is 4.90. The number of benzene rings is 2. The molecule has 32 heavy (non-hydrogen) atoms. The van der Waals surface area contributed by atoms with Crippen molar-refractivity contribution in [2.45, 2.75) is 33.2 Å². The Bertz CT molecular complexity index is 1260. The molecule has 0 unspecified atom stereocenters. The Hall–Kier alpha value is -3.06. The molecule has 7 heteroatoms. The fourth-order valence-electron chi connectivity index (χ4n) is 4.33. The van der Waals surface area contributed by atoms with E-state index in [4.69, 9.17) is 9.15 Å². The van der Waals surface area contributed by atoms with Gasteiger partial charge in [0.15, 0.2) is 17.1 Å². The lowest BCUT2D eigenvalue weighted by Crippen LogP contribution is -2.44. The molecule has 0 saturated heterocycles. The predicted octanol–water partition coefficient (Wildman–Crippen LogP) is 5.99. The van der Waals surface area contributed by atoms with E-state index in [9.17, 15) is 4.79 Å². The number of hydrazone groups is 1. The van der Waals surface area contributed by atoms with Crippen molar-refractivity contribution in [2.75, 3.05) is 18.6 Å². The first-order chi connectivity index (χ1) is 15.2. The number of rotatable bonds is 5. The Morgan fingerprint density at radius 1 is 1.28 bits per heavy atom. The summed E-state index contributed by atoms with van der Waals surface area (Å²) in [5.74, 6) is 0.292. The molecule has 0 saturated carbocycles. The Morgan fingerprint density at radius 2 is 2.06 bits per heavy atom. The molecule has 0 aliphatic carbocycles. The number of likely N-dealkylation sites (N-methyl/N-ethyl adjacent to an activating group) is 1. The summed E-state index contributed by atoms with van der Waals surface area (Å²) in [7, 11) is 1.56. The molecule has 6 nitrogen and oxygen atoms in total. The van der Waals surface area contributed by atoms with Gasteiger partial charge in [-0.15, -0.1) is 0 Å². The number of carbonyl (C=O) groups is 1. The van der Waals surface area contributed by atoms with Crippen molar-refractivity contribution in [3.63, 3.8) is 0 Å². The van der Waals surface area contributed by atoms with Crippen molar-refractivity contribution in [1.82, 2.24) is 5.43 Å². The third-order valence-corrected chi connectivity index (χ3v) is 6.15. The second kappa shape index (κ2) is 8.47. The molecule has 166 valence electrons. The van der Waals surface area contributed by atoms with Crippen LogP contribution in [0.1, 0.15) is 49.4 Å². The van der Waals surface area contributed by atoms with Crippen LogP contribution in [-0.4, -0.2) is 31.3 Å². The molecule has 3 aromatic rings. The average Bonchev–Trinajstić information content (AvgIpc) is 3.17. The van der Waals surface area contributed by atoms with Crippen molar-refractivity contribution in [3.05, 3.63) is 63.8 Å². The molecule has 1 aromatic heterocycles. The Labute approximate surface area is 196 Å². The number of anilines is 1. The van der Waals surface area contributed by atoms with Crippen LogP contribution >= 0.6 is 15.9 Å². The van der Waals surface area contributed by atoms with E-state index in [1.807, 2.05) is 12.1 Å². The maximum Gasteiger partial charge on any atom is 0.307 e. The van der Waals surface area contributed by atoms with Crippen LogP contribution in [0.4, 0.5) is 5.69 Å². The quantitative estimate of drug-likeness (QED) is 0.348. The van der Waals surface area contributed by atoms with E-state index < -0.39 is 5.91 Å². The van der Waals surface area contributed by atoms with E-state index in [2.05, 4.69) is 77.3 Å². The summed E-state index contributed by atoms with van der Waals surface area (Å²) in [6.07, 6.45) is 3.93. The number of hydrogen-bond acceptors (Lipinski definition) is 5. The molecule has 0 bridgehead atoms. The van der Waals surface area contributed by atoms with Gasteiger partial charge in [0.05, 0.1) is 18.9 Å². The van der Waals surface area contributed by atoms with Gasteiger partial charge in [-0.2, -0.15) is 5.10 Å². The molecule has 0 radical (unpaired) electrons. The highest BCUT2D eigenvalue weighted by atomic mass is 79.9. The average molecular weight is 496 g/mol. The van der Waals surface area contributed by atoms with E-state index in [1.165, 1.54) is 16.8 Å². The fourth-order valence-corrected chi connectivity index (χ4v) is 4.78. The molecular weight excluding hydrogens is 470 g/mol. The fraction of sp³-hybridized carbons (Fsp3) is 0.280. The zero-order valence-corrected chi connectivity index (χ0v) is 20.4. The number of furan rings is 1. The van der Waals surface area contributed by atoms with Crippen molar-refractivity contribution < 1.29 is 13.9 Å². The van der Waals surface area contributed by atoms with Crippen molar-refractivity contribution in [1.29, 1.82) is 0 Å². The van der Waals surface area contributed by atoms with Gasteiger partial charge in [0.25, 0.3) is 0 Å². The van der Waals surface area contributed by atoms with Crippen LogP contribution in [0, 0.1) is 0 Å². The molecule has 1 N–H and O–H groups in total. The highest BCUT2D eigenvalue weighted by Gasteiger charge is 2.30. The molecule has 1 aliphatic heterocycles. The second-order valence-electron chi connectivity index (χ2n) is 8.34. The highest BCUT2D eigenvalue weighted by molar-refractivity contribution is 9.10. The van der Waals surface area contributed by atoms with E-state index in [-0.39, 0.29) is 11.3 Å². The van der Waals surface area contributed by atoms with Gasteiger partial charge < -0.3 is 14.1 Å². The van der Waals surface area contributed by atoms with Gasteiger partial charge in [0, 0.05) is 27.7 Å². The molecule has 1 aliphatic rings. The Morgan fingerprint density at radius 3 is 2.78 bits per heavy atom. The number of allylic oxidation sites excluding steroid dienone is 1. The normalized spacial score (nSPS) is 15.1. The molecule has 0 spiro atoms. The zero-order chi connectivity index (χ0) is 23.0. The maximum atomic E-state index is 12.5. The lowest BCUT2D eigenvalue weighted by atomic mass is 9.88. The number of nitrogens with zero attached hydrogens (tertiary/aromatic N) is 2. The summed E-state index contributed by atoms with van der Waals surface area (Å²) >= 11 is 3.43. The number of halogens is 1. The molecule has 1 amide bonds. The third-order valence-electron chi connectivity index (χ3n) is 5.69. The molecule has 2 aromatic carbocycles. The highest BCUT2D eigenvalue weighted by Crippen LogP contribution is 2.39. The van der Waals surface area contributed by atoms with Gasteiger partial charge in [-0.1, -0.05) is 28.1 Å². The summed E-state index contributed by atoms with van der Waals surface area (Å²) in [6.45, 7) is 9.66. The summed E-state index contributed by atoms with van der Waals surface area (Å²) in [4.78, 5) is 14.9. The van der Waals surface area contributed by atoms with E-state index >= 15 is 0 Å². The minimum atomic E-state index is -0.427. The van der Waals surface area contributed by atoms with E-state index in [0.29, 0.717) is 11.3 Å². The summed E-state index contributed by atoms with van der Waals surface area (Å²) in [6, 6.07) is 11.5. The molecule has 4 rings (SSSR count). The van der Waals surface area contributed by atoms with Gasteiger partial charge in [-0.3, -0.25) is 4.79 Å². The van der Waals surface area contributed by atoms with Gasteiger partial charge in [-0.05, 0) is 69.2 Å². The monoisotopic (exact) mass is 495 g/mol. The third kappa shape index (κ3) is 4.05. The number of hydrogen-bond donors (Lipinski definition) is 1. The second-order valence-corrected chi connectivity index (χ2v) is 9.25. The molecule has 0 fully saturated rings. The summed E-state index contributed by atoms with van der Waals surface area (Å²) < 4.78 is 11.9. The minimum absolute atomic E-state index is 0.0275. The lowest BCUT2D eigenvalue weighted by Gasteiger charge is -2.42. The minimum Gasteiger partial charge on any atom is -0.493 e. The number of nitrogens with one attached hydrogen (secondary N) is 1. The van der Waals surface area contributed by atoms with Crippen molar-refractivity contribution in [2.24, 2.45) is 5.10 Å². The number of ether oxygens (including phenoxy) is 1. The van der Waals surface area contributed by atoms with E-state index in [1.54, 1.807) is 25.5 Å². The first-order valence-corrected chi connectivity index (χ1v) is 11.2. The number of methoxy groups -OCH3 is 1. The van der Waals surface area contributed by atoms with Crippen LogP contribution in [0.2, 0.25) is 0 Å². The van der Waals surface area contributed by atoms with Crippen molar-refractivity contribution >= 4 is 50.3 Å². The van der Waals surface area contributed by atoms with Crippen LogP contribution in [0.15, 0.2) is 56.5 Å². The van der Waals surface area contributed by atoms with Crippen LogP contribution < -0.4 is 15.1 Å². The molecular formula is C25H26BrN3O3. The van der Waals surface area contributed by atoms with Gasteiger partial charge >= 0.3 is 5.91 Å². The first kappa shape index (κ1) is 22.1. The Kier molecular flexibility index (Phi) is 5.86. The lowest BCUT2D eigenvalue weighted by molar-refractivity contribution is 0.0929. The number of carbonyl (C=O) groups excluding carboxylic acids is 1. The van der Waals surface area contributed by atoms with Gasteiger partial charge in [-0.25, -0.2) is 5.43 Å². The number of amides is 1. The zero-order valence-electron chi connectivity index (χ0n) is 18.8. The smallest absolute Gasteiger partial charge is 0.307 e. The van der Waals surface area contributed by atoms with Crippen LogP contribution in [0.3, 0.4) is 0 Å². The maximum absolute atomic E-state index is 12.5. The first-order valence-electron chi connectivity index (χ1n) is 10.5. The number of fused-ring (bicyclic) bond motifs is 2. The van der Waals surface area contributed by atoms with Crippen LogP contribution in [-0.2, 0) is 0 Å². The van der Waals surface area contributed by atoms with Crippen LogP contribution in [0.25, 0.3) is 16.5 Å². The van der Waals surface area contributed by atoms with Gasteiger partial charge in [0.1, 0.15) is 0 Å². The van der Waals surface area contributed by atoms with Crippen LogP contribution in [0.5, 0.6) is 5.75 Å². The Balaban J connectivity index is 1.53. The largest absolute Gasteiger partial charge is 0.493 e. The molecule has 0 atom stereocenters. The topological polar surface area (TPSA) is 67.1 Å². The van der Waals surface area contributed by atoms with E-state index in [0.717, 1.165) is 22.0 Å². The summed E-state index contributed by atoms with van der Waals surface area (Å²) in [5.41, 5.74) is 7.56. The van der Waals surface area contributed by atoms with Gasteiger partial charge in [0.2, 0.25) is 0 Å². The molecule has 2 heterocycles. The SMILES string of the molecule is CCN1c2ccc(/C=N\NC(=O)c3cc4cc(Br)cc(OC)c4o3)cc2C(C)=CC1(C)C. The predicted molar refractivity (Wildman–Crippen MR) is 133 cm³/mol. The standard InChI is InChI=1S/C25H26BrN3O3/c1-6-29-20-8-7-16(9-19(20)15(2)13-25(29,3)4)14-27-28-24(30)22-11-17-10-18(26)12-21(31-5)23(17)32-22/h7-14H,6H2,1-5H3,(H,28,30)/b27-14-.